The van der Waals surface area contributed by atoms with Crippen LogP contribution in [0.2, 0.25) is 0 Å². The van der Waals surface area contributed by atoms with Gasteiger partial charge < -0.3 is 15.4 Å². The highest BCUT2D eigenvalue weighted by molar-refractivity contribution is 4.61. The molecule has 0 amide bonds. The molecule has 0 radical (unpaired) electrons. The fourth-order valence-electron chi connectivity index (χ4n) is 0.886. The molecule has 3 nitrogen and oxygen atoms in total. The molecule has 0 spiro atoms. The van der Waals surface area contributed by atoms with Crippen molar-refractivity contribution in [1.82, 2.24) is 4.90 Å². The fourth-order valence-corrected chi connectivity index (χ4v) is 0.886. The maximum Gasteiger partial charge on any atom is 0.0617 e. The Labute approximate surface area is 75.9 Å². The highest BCUT2D eigenvalue weighted by Crippen LogP contribution is 1.92. The van der Waals surface area contributed by atoms with E-state index in [1.54, 1.807) is 0 Å². The molecule has 1 atom stereocenters. The lowest BCUT2D eigenvalue weighted by Gasteiger charge is -2.14. The lowest BCUT2D eigenvalue weighted by molar-refractivity contribution is 0.117. The van der Waals surface area contributed by atoms with Crippen LogP contribution in [-0.2, 0) is 4.74 Å². The number of rotatable bonds is 7. The summed E-state index contributed by atoms with van der Waals surface area (Å²) in [6, 6.07) is 0.193. The largest absolute Gasteiger partial charge is 0.380 e. The van der Waals surface area contributed by atoms with Gasteiger partial charge in [-0.3, -0.25) is 0 Å². The van der Waals surface area contributed by atoms with E-state index in [0.29, 0.717) is 6.61 Å². The van der Waals surface area contributed by atoms with E-state index in [2.05, 4.69) is 25.9 Å². The van der Waals surface area contributed by atoms with Crippen molar-refractivity contribution in [2.24, 2.45) is 5.73 Å². The van der Waals surface area contributed by atoms with E-state index in [9.17, 15) is 0 Å². The second-order valence-electron chi connectivity index (χ2n) is 3.43. The molecule has 1 unspecified atom stereocenters. The Bertz CT molecular complexity index is 96.5. The Hall–Kier alpha value is -0.120. The van der Waals surface area contributed by atoms with Crippen LogP contribution < -0.4 is 5.73 Å². The van der Waals surface area contributed by atoms with E-state index in [-0.39, 0.29) is 6.04 Å². The van der Waals surface area contributed by atoms with E-state index in [4.69, 9.17) is 10.5 Å². The molecule has 0 heterocycles. The van der Waals surface area contributed by atoms with Crippen LogP contribution in [0, 0.1) is 0 Å². The lowest BCUT2D eigenvalue weighted by atomic mass is 10.2. The Morgan fingerprint density at radius 1 is 1.42 bits per heavy atom. The van der Waals surface area contributed by atoms with Crippen LogP contribution in [0.5, 0.6) is 0 Å². The van der Waals surface area contributed by atoms with Crippen LogP contribution in [0.1, 0.15) is 19.8 Å². The number of nitrogens with two attached hydrogens (primary N) is 1. The molecule has 0 aromatic carbocycles. The predicted octanol–water partition coefficient (Wildman–Crippen LogP) is 0.692. The van der Waals surface area contributed by atoms with Gasteiger partial charge in [0.15, 0.2) is 0 Å². The first kappa shape index (κ1) is 11.9. The number of hydrogen-bond donors (Lipinski definition) is 1. The van der Waals surface area contributed by atoms with Crippen molar-refractivity contribution >= 4 is 0 Å². The quantitative estimate of drug-likeness (QED) is 0.577. The minimum Gasteiger partial charge on any atom is -0.380 e. The summed E-state index contributed by atoms with van der Waals surface area (Å²) >= 11 is 0. The molecule has 0 fully saturated rings. The molecule has 0 bridgehead atoms. The van der Waals surface area contributed by atoms with Gasteiger partial charge >= 0.3 is 0 Å². The van der Waals surface area contributed by atoms with E-state index >= 15 is 0 Å². The average Bonchev–Trinajstić information content (AvgIpc) is 2.01. The maximum absolute atomic E-state index is 5.81. The molecule has 0 aromatic heterocycles. The maximum atomic E-state index is 5.81. The zero-order chi connectivity index (χ0) is 9.40. The topological polar surface area (TPSA) is 38.5 Å². The van der Waals surface area contributed by atoms with Gasteiger partial charge in [0.1, 0.15) is 0 Å². The molecule has 3 heteroatoms. The summed E-state index contributed by atoms with van der Waals surface area (Å²) in [5, 5.41) is 0. The summed E-state index contributed by atoms with van der Waals surface area (Å²) in [5.74, 6) is 0. The molecule has 12 heavy (non-hydrogen) atoms. The summed E-state index contributed by atoms with van der Waals surface area (Å²) < 4.78 is 5.33. The minimum atomic E-state index is 0.193. The van der Waals surface area contributed by atoms with Crippen molar-refractivity contribution in [2.45, 2.75) is 25.8 Å². The Morgan fingerprint density at radius 2 is 2.08 bits per heavy atom. The molecular formula is C9H22N2O. The van der Waals surface area contributed by atoms with Gasteiger partial charge in [0.05, 0.1) is 6.61 Å². The Kier molecular flexibility index (Phi) is 7.45. The summed E-state index contributed by atoms with van der Waals surface area (Å²) in [6.45, 7) is 4.67. The summed E-state index contributed by atoms with van der Waals surface area (Å²) in [7, 11) is 4.11. The molecule has 0 rings (SSSR count). The third-order valence-electron chi connectivity index (χ3n) is 1.63. The first-order chi connectivity index (χ1) is 5.66. The number of nitrogens with zero attached hydrogens (tertiary/aromatic N) is 1. The lowest BCUT2D eigenvalue weighted by Crippen LogP contribution is -2.30. The second-order valence-corrected chi connectivity index (χ2v) is 3.43. The van der Waals surface area contributed by atoms with Gasteiger partial charge in [0, 0.05) is 12.6 Å². The highest BCUT2D eigenvalue weighted by Gasteiger charge is 2.02. The normalized spacial score (nSPS) is 13.8. The van der Waals surface area contributed by atoms with Gasteiger partial charge in [0.25, 0.3) is 0 Å². The second kappa shape index (κ2) is 7.53. The number of ether oxygens (including phenoxy) is 1. The Morgan fingerprint density at radius 3 is 2.58 bits per heavy atom. The molecule has 0 saturated carbocycles. The van der Waals surface area contributed by atoms with Gasteiger partial charge in [-0.1, -0.05) is 6.92 Å². The molecule has 0 aliphatic heterocycles. The van der Waals surface area contributed by atoms with Gasteiger partial charge in [-0.25, -0.2) is 0 Å². The first-order valence-electron chi connectivity index (χ1n) is 4.64. The van der Waals surface area contributed by atoms with Crippen LogP contribution in [0.4, 0.5) is 0 Å². The van der Waals surface area contributed by atoms with Crippen molar-refractivity contribution in [2.75, 3.05) is 33.9 Å². The van der Waals surface area contributed by atoms with Gasteiger partial charge in [-0.05, 0) is 33.5 Å². The fraction of sp³-hybridized carbons (Fsp3) is 1.00. The van der Waals surface area contributed by atoms with Crippen molar-refractivity contribution in [3.63, 3.8) is 0 Å². The van der Waals surface area contributed by atoms with Crippen LogP contribution in [0.3, 0.4) is 0 Å². The van der Waals surface area contributed by atoms with Crippen molar-refractivity contribution < 1.29 is 4.74 Å². The van der Waals surface area contributed by atoms with Crippen molar-refractivity contribution in [3.05, 3.63) is 0 Å². The smallest absolute Gasteiger partial charge is 0.0617 e. The predicted molar refractivity (Wildman–Crippen MR) is 52.3 cm³/mol. The third-order valence-corrected chi connectivity index (χ3v) is 1.63. The first-order valence-corrected chi connectivity index (χ1v) is 4.64. The van der Waals surface area contributed by atoms with Crippen molar-refractivity contribution in [1.29, 1.82) is 0 Å². The SMILES string of the molecule is CCCOCC(N)CCN(C)C. The molecule has 74 valence electrons. The summed E-state index contributed by atoms with van der Waals surface area (Å²) in [5.41, 5.74) is 5.81. The van der Waals surface area contributed by atoms with E-state index < -0.39 is 0 Å². The number of hydrogen-bond acceptors (Lipinski definition) is 3. The zero-order valence-electron chi connectivity index (χ0n) is 8.55. The minimum absolute atomic E-state index is 0.193. The molecule has 2 N–H and O–H groups in total. The summed E-state index contributed by atoms with van der Waals surface area (Å²) in [4.78, 5) is 2.14. The van der Waals surface area contributed by atoms with Crippen LogP contribution in [-0.4, -0.2) is 44.8 Å². The molecule has 0 aliphatic rings. The zero-order valence-corrected chi connectivity index (χ0v) is 8.55. The van der Waals surface area contributed by atoms with E-state index in [1.807, 2.05) is 0 Å². The van der Waals surface area contributed by atoms with Gasteiger partial charge in [-0.15, -0.1) is 0 Å². The van der Waals surface area contributed by atoms with E-state index in [1.165, 1.54) is 0 Å². The standard InChI is InChI=1S/C9H22N2O/c1-4-7-12-8-9(10)5-6-11(2)3/h9H,4-8,10H2,1-3H3. The van der Waals surface area contributed by atoms with Gasteiger partial charge in [-0.2, -0.15) is 0 Å². The molecular weight excluding hydrogens is 152 g/mol. The van der Waals surface area contributed by atoms with Crippen molar-refractivity contribution in [3.8, 4) is 0 Å². The van der Waals surface area contributed by atoms with Crippen LogP contribution in [0.15, 0.2) is 0 Å². The summed E-state index contributed by atoms with van der Waals surface area (Å²) in [6.07, 6.45) is 2.08. The van der Waals surface area contributed by atoms with Crippen LogP contribution in [0.25, 0.3) is 0 Å². The monoisotopic (exact) mass is 174 g/mol. The molecule has 0 saturated heterocycles. The Balaban J connectivity index is 3.15. The highest BCUT2D eigenvalue weighted by atomic mass is 16.5. The average molecular weight is 174 g/mol. The van der Waals surface area contributed by atoms with Crippen LogP contribution >= 0.6 is 0 Å². The molecule has 0 aromatic rings. The van der Waals surface area contributed by atoms with E-state index in [0.717, 1.165) is 26.0 Å². The van der Waals surface area contributed by atoms with Gasteiger partial charge in [0.2, 0.25) is 0 Å². The third kappa shape index (κ3) is 7.98. The molecule has 0 aliphatic carbocycles.